The van der Waals surface area contributed by atoms with E-state index in [9.17, 15) is 18.0 Å². The van der Waals surface area contributed by atoms with Gasteiger partial charge in [0.1, 0.15) is 5.82 Å². The average Bonchev–Trinajstić information content (AvgIpc) is 2.65. The van der Waals surface area contributed by atoms with Crippen LogP contribution in [0.15, 0.2) is 0 Å². The summed E-state index contributed by atoms with van der Waals surface area (Å²) < 4.78 is 35.5. The second-order valence-electron chi connectivity index (χ2n) is 3.48. The molecular weight excluding hydrogens is 237 g/mol. The van der Waals surface area contributed by atoms with Crippen LogP contribution >= 0.6 is 0 Å². The molecule has 0 spiro atoms. The Balaban J connectivity index is 2.41. The number of aromatic nitrogens is 3. The highest BCUT2D eigenvalue weighted by Crippen LogP contribution is 2.18. The van der Waals surface area contributed by atoms with Crippen molar-refractivity contribution in [3.8, 4) is 0 Å². The number of H-pyrrole nitrogens is 1. The van der Waals surface area contributed by atoms with Crippen LogP contribution in [0.25, 0.3) is 0 Å². The van der Waals surface area contributed by atoms with E-state index < -0.39 is 25.0 Å². The van der Waals surface area contributed by atoms with E-state index >= 15 is 0 Å². The minimum absolute atomic E-state index is 0.129. The van der Waals surface area contributed by atoms with Crippen LogP contribution in [0, 0.1) is 0 Å². The van der Waals surface area contributed by atoms with Crippen molar-refractivity contribution < 1.29 is 18.0 Å². The highest BCUT2D eigenvalue weighted by molar-refractivity contribution is 5.90. The van der Waals surface area contributed by atoms with E-state index in [-0.39, 0.29) is 5.82 Å². The normalized spacial score (nSPS) is 11.5. The third-order valence-corrected chi connectivity index (χ3v) is 1.92. The van der Waals surface area contributed by atoms with Gasteiger partial charge in [0.25, 0.3) is 5.91 Å². The maximum absolute atomic E-state index is 11.8. The molecule has 0 aromatic carbocycles. The van der Waals surface area contributed by atoms with Crippen molar-refractivity contribution in [1.82, 2.24) is 20.5 Å². The lowest BCUT2D eigenvalue weighted by atomic mass is 10.3. The van der Waals surface area contributed by atoms with Gasteiger partial charge >= 0.3 is 6.18 Å². The zero-order valence-corrected chi connectivity index (χ0v) is 9.26. The Labute approximate surface area is 95.8 Å². The molecule has 8 heteroatoms. The number of hydrogen-bond donors (Lipinski definition) is 2. The van der Waals surface area contributed by atoms with Gasteiger partial charge < -0.3 is 5.32 Å². The van der Waals surface area contributed by atoms with Crippen LogP contribution in [0.5, 0.6) is 0 Å². The summed E-state index contributed by atoms with van der Waals surface area (Å²) in [7, 11) is 0. The van der Waals surface area contributed by atoms with E-state index in [0.717, 1.165) is 6.42 Å². The van der Waals surface area contributed by atoms with Gasteiger partial charge in [0, 0.05) is 13.0 Å². The van der Waals surface area contributed by atoms with Crippen LogP contribution in [-0.4, -0.2) is 33.8 Å². The molecule has 1 heterocycles. The predicted octanol–water partition coefficient (Wildman–Crippen LogP) is 1.44. The highest BCUT2D eigenvalue weighted by Gasteiger charge is 2.26. The monoisotopic (exact) mass is 250 g/mol. The Bertz CT molecular complexity index is 375. The number of hydrogen-bond acceptors (Lipinski definition) is 3. The summed E-state index contributed by atoms with van der Waals surface area (Å²) in [4.78, 5) is 15.2. The van der Waals surface area contributed by atoms with E-state index in [4.69, 9.17) is 0 Å². The predicted molar refractivity (Wildman–Crippen MR) is 53.4 cm³/mol. The molecule has 0 bridgehead atoms. The molecule has 2 N–H and O–H groups in total. The van der Waals surface area contributed by atoms with E-state index in [0.29, 0.717) is 12.2 Å². The molecule has 1 rings (SSSR count). The number of alkyl halides is 3. The standard InChI is InChI=1S/C9H13F3N4O/c1-2-3-6-14-7(16-15-6)8(17)13-5-4-9(10,11)12/h2-5H2,1H3,(H,13,17)(H,14,15,16). The molecule has 0 saturated carbocycles. The molecule has 0 radical (unpaired) electrons. The number of carbonyl (C=O) groups excluding carboxylic acids is 1. The molecule has 17 heavy (non-hydrogen) atoms. The topological polar surface area (TPSA) is 70.7 Å². The largest absolute Gasteiger partial charge is 0.390 e. The third kappa shape index (κ3) is 4.83. The van der Waals surface area contributed by atoms with Crippen molar-refractivity contribution in [2.45, 2.75) is 32.4 Å². The fourth-order valence-corrected chi connectivity index (χ4v) is 1.14. The van der Waals surface area contributed by atoms with E-state index in [2.05, 4.69) is 20.5 Å². The maximum Gasteiger partial charge on any atom is 0.390 e. The first-order valence-corrected chi connectivity index (χ1v) is 5.18. The molecule has 0 aliphatic heterocycles. The van der Waals surface area contributed by atoms with Crippen LogP contribution in [0.4, 0.5) is 13.2 Å². The smallest absolute Gasteiger partial charge is 0.349 e. The first-order valence-electron chi connectivity index (χ1n) is 5.18. The second kappa shape index (κ2) is 5.65. The van der Waals surface area contributed by atoms with Crippen LogP contribution in [-0.2, 0) is 6.42 Å². The minimum Gasteiger partial charge on any atom is -0.349 e. The molecule has 1 amide bonds. The van der Waals surface area contributed by atoms with Gasteiger partial charge in [0.15, 0.2) is 0 Å². The van der Waals surface area contributed by atoms with Gasteiger partial charge in [-0.3, -0.25) is 9.89 Å². The van der Waals surface area contributed by atoms with Crippen molar-refractivity contribution in [2.75, 3.05) is 6.54 Å². The van der Waals surface area contributed by atoms with E-state index in [1.165, 1.54) is 0 Å². The van der Waals surface area contributed by atoms with Gasteiger partial charge in [-0.05, 0) is 6.42 Å². The van der Waals surface area contributed by atoms with Gasteiger partial charge in [-0.15, -0.1) is 5.10 Å². The van der Waals surface area contributed by atoms with Gasteiger partial charge in [-0.1, -0.05) is 6.92 Å². The van der Waals surface area contributed by atoms with Crippen LogP contribution in [0.2, 0.25) is 0 Å². The fourth-order valence-electron chi connectivity index (χ4n) is 1.14. The maximum atomic E-state index is 11.8. The van der Waals surface area contributed by atoms with Crippen LogP contribution in [0.3, 0.4) is 0 Å². The molecule has 0 saturated heterocycles. The first kappa shape index (κ1) is 13.5. The van der Waals surface area contributed by atoms with Gasteiger partial charge in [0.2, 0.25) is 5.82 Å². The quantitative estimate of drug-likeness (QED) is 0.830. The molecule has 1 aromatic rings. The summed E-state index contributed by atoms with van der Waals surface area (Å²) in [5, 5.41) is 8.28. The third-order valence-electron chi connectivity index (χ3n) is 1.92. The Morgan fingerprint density at radius 2 is 2.18 bits per heavy atom. The fraction of sp³-hybridized carbons (Fsp3) is 0.667. The van der Waals surface area contributed by atoms with Gasteiger partial charge in [0.05, 0.1) is 6.42 Å². The number of aryl methyl sites for hydroxylation is 1. The Kier molecular flexibility index (Phi) is 4.47. The van der Waals surface area contributed by atoms with Crippen molar-refractivity contribution in [3.63, 3.8) is 0 Å². The van der Waals surface area contributed by atoms with Gasteiger partial charge in [-0.25, -0.2) is 4.98 Å². The molecule has 0 fully saturated rings. The summed E-state index contributed by atoms with van der Waals surface area (Å²) in [6.45, 7) is 1.46. The highest BCUT2D eigenvalue weighted by atomic mass is 19.4. The summed E-state index contributed by atoms with van der Waals surface area (Å²) in [5.74, 6) is -0.281. The Morgan fingerprint density at radius 3 is 2.76 bits per heavy atom. The molecule has 0 aliphatic carbocycles. The lowest BCUT2D eigenvalue weighted by Gasteiger charge is -2.05. The molecule has 1 aromatic heterocycles. The average molecular weight is 250 g/mol. The SMILES string of the molecule is CCCc1nc(C(=O)NCCC(F)(F)F)n[nH]1. The molecule has 96 valence electrons. The zero-order chi connectivity index (χ0) is 12.9. The number of halogens is 3. The van der Waals surface area contributed by atoms with Crippen molar-refractivity contribution in [3.05, 3.63) is 11.6 Å². The van der Waals surface area contributed by atoms with Crippen molar-refractivity contribution in [2.24, 2.45) is 0 Å². The molecule has 0 aliphatic rings. The number of nitrogens with one attached hydrogen (secondary N) is 2. The van der Waals surface area contributed by atoms with Crippen molar-refractivity contribution >= 4 is 5.91 Å². The van der Waals surface area contributed by atoms with Crippen molar-refractivity contribution in [1.29, 1.82) is 0 Å². The molecule has 0 atom stereocenters. The lowest BCUT2D eigenvalue weighted by Crippen LogP contribution is -2.28. The van der Waals surface area contributed by atoms with Crippen LogP contribution in [0.1, 0.15) is 36.2 Å². The van der Waals surface area contributed by atoms with Gasteiger partial charge in [-0.2, -0.15) is 13.2 Å². The second-order valence-corrected chi connectivity index (χ2v) is 3.48. The summed E-state index contributed by atoms with van der Waals surface area (Å²) in [5.41, 5.74) is 0. The summed E-state index contributed by atoms with van der Waals surface area (Å²) >= 11 is 0. The Hall–Kier alpha value is -1.60. The van der Waals surface area contributed by atoms with Crippen LogP contribution < -0.4 is 5.32 Å². The zero-order valence-electron chi connectivity index (χ0n) is 9.26. The lowest BCUT2D eigenvalue weighted by molar-refractivity contribution is -0.133. The minimum atomic E-state index is -4.28. The number of nitrogens with zero attached hydrogens (tertiary/aromatic N) is 2. The molecular formula is C9H13F3N4O. The number of amides is 1. The number of carbonyl (C=O) groups is 1. The summed E-state index contributed by atoms with van der Waals surface area (Å²) in [6.07, 6.45) is -3.86. The first-order chi connectivity index (χ1) is 7.92. The number of aromatic amines is 1. The summed E-state index contributed by atoms with van der Waals surface area (Å²) in [6, 6.07) is 0. The van der Waals surface area contributed by atoms with E-state index in [1.54, 1.807) is 0 Å². The molecule has 0 unspecified atom stereocenters. The van der Waals surface area contributed by atoms with E-state index in [1.807, 2.05) is 6.92 Å². The Morgan fingerprint density at radius 1 is 1.47 bits per heavy atom. The molecule has 5 nitrogen and oxygen atoms in total. The number of rotatable bonds is 5.